The number of anilines is 3. The SMILES string of the molecule is c1ccc(-c2ccc(N(c3ccc(-c4ccccc4)cc3)c3ccc4ccc5ccc6c7cnccc7oc6c5c4c3)cc2)cc1. The van der Waals surface area contributed by atoms with Crippen molar-refractivity contribution < 1.29 is 4.42 Å². The Kier molecular flexibility index (Phi) is 6.14. The fraction of sp³-hybridized carbons (Fsp3) is 0. The number of hydrogen-bond donors (Lipinski definition) is 0. The normalized spacial score (nSPS) is 11.5. The maximum atomic E-state index is 6.50. The molecule has 0 bridgehead atoms. The van der Waals surface area contributed by atoms with Crippen molar-refractivity contribution in [1.29, 1.82) is 0 Å². The molecule has 0 radical (unpaired) electrons. The monoisotopic (exact) mass is 588 g/mol. The van der Waals surface area contributed by atoms with Crippen LogP contribution in [0, 0.1) is 0 Å². The van der Waals surface area contributed by atoms with E-state index in [0.29, 0.717) is 0 Å². The molecule has 3 heteroatoms. The molecule has 0 N–H and O–H groups in total. The van der Waals surface area contributed by atoms with Crippen LogP contribution in [0.25, 0.3) is 65.7 Å². The van der Waals surface area contributed by atoms with Crippen LogP contribution in [0.5, 0.6) is 0 Å². The quantitative estimate of drug-likeness (QED) is 0.187. The predicted octanol–water partition coefficient (Wildman–Crippen LogP) is 12.1. The third-order valence-corrected chi connectivity index (χ3v) is 8.95. The van der Waals surface area contributed by atoms with Gasteiger partial charge in [0.1, 0.15) is 11.2 Å². The van der Waals surface area contributed by atoms with Gasteiger partial charge in [0, 0.05) is 45.6 Å². The van der Waals surface area contributed by atoms with E-state index in [1.54, 1.807) is 6.20 Å². The van der Waals surface area contributed by atoms with E-state index in [1.807, 2.05) is 12.3 Å². The van der Waals surface area contributed by atoms with Gasteiger partial charge in [-0.3, -0.25) is 4.98 Å². The van der Waals surface area contributed by atoms with Gasteiger partial charge in [0.2, 0.25) is 0 Å². The molecule has 9 rings (SSSR count). The van der Waals surface area contributed by atoms with Gasteiger partial charge >= 0.3 is 0 Å². The largest absolute Gasteiger partial charge is 0.455 e. The first-order chi connectivity index (χ1) is 22.8. The maximum Gasteiger partial charge on any atom is 0.143 e. The molecule has 0 saturated carbocycles. The van der Waals surface area contributed by atoms with E-state index in [0.717, 1.165) is 55.2 Å². The zero-order chi connectivity index (χ0) is 30.5. The molecule has 46 heavy (non-hydrogen) atoms. The van der Waals surface area contributed by atoms with Gasteiger partial charge in [-0.05, 0) is 86.9 Å². The Balaban J connectivity index is 1.24. The molecule has 216 valence electrons. The number of furan rings is 1. The molecule has 0 atom stereocenters. The molecule has 0 fully saturated rings. The van der Waals surface area contributed by atoms with Crippen molar-refractivity contribution in [3.63, 3.8) is 0 Å². The van der Waals surface area contributed by atoms with Crippen molar-refractivity contribution in [1.82, 2.24) is 4.98 Å². The molecule has 0 aliphatic heterocycles. The van der Waals surface area contributed by atoms with Gasteiger partial charge < -0.3 is 9.32 Å². The Morgan fingerprint density at radius 1 is 0.435 bits per heavy atom. The van der Waals surface area contributed by atoms with Crippen molar-refractivity contribution in [2.75, 3.05) is 4.90 Å². The highest BCUT2D eigenvalue weighted by Gasteiger charge is 2.17. The minimum absolute atomic E-state index is 0.851. The third-order valence-electron chi connectivity index (χ3n) is 8.95. The Hall–Kier alpha value is -6.19. The van der Waals surface area contributed by atoms with Crippen LogP contribution < -0.4 is 4.90 Å². The lowest BCUT2D eigenvalue weighted by atomic mass is 9.98. The number of aromatic nitrogens is 1. The highest BCUT2D eigenvalue weighted by Crippen LogP contribution is 2.41. The Bertz CT molecular complexity index is 2420. The van der Waals surface area contributed by atoms with Gasteiger partial charge in [0.05, 0.1) is 0 Å². The van der Waals surface area contributed by atoms with E-state index in [1.165, 1.54) is 27.6 Å². The minimum Gasteiger partial charge on any atom is -0.455 e. The number of fused-ring (bicyclic) bond motifs is 7. The summed E-state index contributed by atoms with van der Waals surface area (Å²) in [6.07, 6.45) is 3.68. The Labute approximate surface area is 266 Å². The van der Waals surface area contributed by atoms with E-state index in [-0.39, 0.29) is 0 Å². The van der Waals surface area contributed by atoms with E-state index in [4.69, 9.17) is 4.42 Å². The first kappa shape index (κ1) is 26.2. The van der Waals surface area contributed by atoms with Crippen molar-refractivity contribution >= 4 is 60.5 Å². The smallest absolute Gasteiger partial charge is 0.143 e. The average Bonchev–Trinajstić information content (AvgIpc) is 3.52. The second-order valence-electron chi connectivity index (χ2n) is 11.6. The van der Waals surface area contributed by atoms with E-state index in [2.05, 4.69) is 162 Å². The van der Waals surface area contributed by atoms with E-state index < -0.39 is 0 Å². The topological polar surface area (TPSA) is 29.3 Å². The summed E-state index contributed by atoms with van der Waals surface area (Å²) in [5, 5.41) is 6.70. The summed E-state index contributed by atoms with van der Waals surface area (Å²) in [4.78, 5) is 6.70. The molecular weight excluding hydrogens is 560 g/mol. The molecule has 0 saturated heterocycles. The highest BCUT2D eigenvalue weighted by molar-refractivity contribution is 6.23. The molecule has 3 nitrogen and oxygen atoms in total. The lowest BCUT2D eigenvalue weighted by Gasteiger charge is -2.26. The number of hydrogen-bond acceptors (Lipinski definition) is 3. The maximum absolute atomic E-state index is 6.50. The number of rotatable bonds is 5. The summed E-state index contributed by atoms with van der Waals surface area (Å²) in [5.41, 5.74) is 9.79. The molecule has 0 aliphatic carbocycles. The summed E-state index contributed by atoms with van der Waals surface area (Å²) in [6, 6.07) is 56.1. The molecule has 0 aliphatic rings. The van der Waals surface area contributed by atoms with Gasteiger partial charge in [-0.2, -0.15) is 0 Å². The third kappa shape index (κ3) is 4.41. The average molecular weight is 589 g/mol. The fourth-order valence-electron chi connectivity index (χ4n) is 6.65. The molecule has 0 amide bonds. The standard InChI is InChI=1S/C43H28N2O/c1-3-7-29(8-4-1)31-13-19-35(20-14-31)45(36-21-15-32(16-22-36)30-9-5-2-6-10-30)37-23-17-33-11-12-34-18-24-38-40-28-44-26-25-41(40)46-43(38)42(34)39(33)27-37/h1-28H. The number of benzene rings is 7. The van der Waals surface area contributed by atoms with E-state index in [9.17, 15) is 0 Å². The van der Waals surface area contributed by atoms with Crippen molar-refractivity contribution in [2.24, 2.45) is 0 Å². The second kappa shape index (κ2) is 10.8. The second-order valence-corrected chi connectivity index (χ2v) is 11.6. The molecule has 0 unspecified atom stereocenters. The van der Waals surface area contributed by atoms with Crippen LogP contribution in [0.1, 0.15) is 0 Å². The van der Waals surface area contributed by atoms with Gasteiger partial charge in [-0.15, -0.1) is 0 Å². The van der Waals surface area contributed by atoms with Gasteiger partial charge in [-0.25, -0.2) is 0 Å². The van der Waals surface area contributed by atoms with Gasteiger partial charge in [0.15, 0.2) is 0 Å². The minimum atomic E-state index is 0.851. The van der Waals surface area contributed by atoms with Crippen molar-refractivity contribution in [2.45, 2.75) is 0 Å². The molecule has 0 spiro atoms. The summed E-state index contributed by atoms with van der Waals surface area (Å²) in [5.74, 6) is 0. The number of pyridine rings is 1. The van der Waals surface area contributed by atoms with Gasteiger partial charge in [0.25, 0.3) is 0 Å². The molecule has 2 aromatic heterocycles. The molecular formula is C43H28N2O. The zero-order valence-corrected chi connectivity index (χ0v) is 25.0. The highest BCUT2D eigenvalue weighted by atomic mass is 16.3. The predicted molar refractivity (Wildman–Crippen MR) is 192 cm³/mol. The Morgan fingerprint density at radius 2 is 0.978 bits per heavy atom. The van der Waals surface area contributed by atoms with Crippen LogP contribution in [0.3, 0.4) is 0 Å². The van der Waals surface area contributed by atoms with Crippen molar-refractivity contribution in [3.8, 4) is 22.3 Å². The molecule has 2 heterocycles. The zero-order valence-electron chi connectivity index (χ0n) is 25.0. The lowest BCUT2D eigenvalue weighted by molar-refractivity contribution is 0.672. The van der Waals surface area contributed by atoms with Crippen LogP contribution in [0.2, 0.25) is 0 Å². The molecule has 7 aromatic carbocycles. The fourth-order valence-corrected chi connectivity index (χ4v) is 6.65. The van der Waals surface area contributed by atoms with Crippen LogP contribution in [-0.4, -0.2) is 4.98 Å². The van der Waals surface area contributed by atoms with Crippen LogP contribution in [0.15, 0.2) is 175 Å². The summed E-state index contributed by atoms with van der Waals surface area (Å²) < 4.78 is 6.50. The molecule has 9 aromatic rings. The van der Waals surface area contributed by atoms with Crippen molar-refractivity contribution in [3.05, 3.63) is 170 Å². The summed E-state index contributed by atoms with van der Waals surface area (Å²) in [6.45, 7) is 0. The van der Waals surface area contributed by atoms with Gasteiger partial charge in [-0.1, -0.05) is 109 Å². The number of nitrogens with zero attached hydrogens (tertiary/aromatic N) is 2. The summed E-state index contributed by atoms with van der Waals surface area (Å²) >= 11 is 0. The lowest BCUT2D eigenvalue weighted by Crippen LogP contribution is -2.09. The van der Waals surface area contributed by atoms with Crippen LogP contribution >= 0.6 is 0 Å². The first-order valence-corrected chi connectivity index (χ1v) is 15.5. The van der Waals surface area contributed by atoms with E-state index >= 15 is 0 Å². The Morgan fingerprint density at radius 3 is 1.63 bits per heavy atom. The first-order valence-electron chi connectivity index (χ1n) is 15.5. The van der Waals surface area contributed by atoms with Crippen LogP contribution in [-0.2, 0) is 0 Å². The van der Waals surface area contributed by atoms with Crippen LogP contribution in [0.4, 0.5) is 17.1 Å². The summed E-state index contributed by atoms with van der Waals surface area (Å²) in [7, 11) is 0.